The zero-order chi connectivity index (χ0) is 31.9. The van der Waals surface area contributed by atoms with Crippen LogP contribution in [0.4, 0.5) is 0 Å². The SMILES string of the molecule is CC(CC(=O)OCC(COC(=O)CC(C)C(=O)O)(COC(=O)CC(C)C(=O)O)COC(=O)CC(C)C(=O)O)C(=O)O. The summed E-state index contributed by atoms with van der Waals surface area (Å²) in [4.78, 5) is 93.4. The van der Waals surface area contributed by atoms with Gasteiger partial charge in [-0.2, -0.15) is 0 Å². The molecule has 232 valence electrons. The largest absolute Gasteiger partial charge is 0.481 e. The van der Waals surface area contributed by atoms with Gasteiger partial charge >= 0.3 is 47.8 Å². The predicted octanol–water partition coefficient (Wildman–Crippen LogP) is 0.589. The molecule has 0 aliphatic carbocycles. The Morgan fingerprint density at radius 1 is 0.439 bits per heavy atom. The molecular formula is C25H36O16. The predicted molar refractivity (Wildman–Crippen MR) is 132 cm³/mol. The second-order valence-electron chi connectivity index (χ2n) is 9.92. The monoisotopic (exact) mass is 592 g/mol. The Bertz CT molecular complexity index is 829. The Kier molecular flexibility index (Phi) is 15.6. The molecule has 0 spiro atoms. The highest BCUT2D eigenvalue weighted by atomic mass is 16.6. The van der Waals surface area contributed by atoms with Crippen LogP contribution in [0.5, 0.6) is 0 Å². The molecule has 0 saturated carbocycles. The lowest BCUT2D eigenvalue weighted by atomic mass is 9.91. The fourth-order valence-electron chi connectivity index (χ4n) is 2.77. The number of aliphatic carboxylic acids is 4. The van der Waals surface area contributed by atoms with Gasteiger partial charge in [0.1, 0.15) is 31.8 Å². The number of carboxylic acid groups (broad SMARTS) is 4. The molecule has 0 saturated heterocycles. The van der Waals surface area contributed by atoms with Gasteiger partial charge in [0, 0.05) is 0 Å². The summed E-state index contributed by atoms with van der Waals surface area (Å²) in [7, 11) is 0. The van der Waals surface area contributed by atoms with Crippen LogP contribution in [0, 0.1) is 29.1 Å². The lowest BCUT2D eigenvalue weighted by Crippen LogP contribution is -2.44. The van der Waals surface area contributed by atoms with Crippen molar-refractivity contribution in [1.29, 1.82) is 0 Å². The Hall–Kier alpha value is -4.24. The molecule has 0 aliphatic rings. The lowest BCUT2D eigenvalue weighted by molar-refractivity contribution is -0.174. The van der Waals surface area contributed by atoms with Crippen LogP contribution in [0.25, 0.3) is 0 Å². The third kappa shape index (κ3) is 15.2. The molecule has 0 amide bonds. The Balaban J connectivity index is 6.01. The number of esters is 4. The molecule has 41 heavy (non-hydrogen) atoms. The molecule has 0 rings (SSSR count). The molecule has 0 fully saturated rings. The molecule has 0 aromatic heterocycles. The number of ether oxygens (including phenoxy) is 4. The van der Waals surface area contributed by atoms with E-state index in [0.29, 0.717) is 0 Å². The molecule has 0 aliphatic heterocycles. The van der Waals surface area contributed by atoms with Crippen molar-refractivity contribution in [2.24, 2.45) is 29.1 Å². The van der Waals surface area contributed by atoms with Crippen molar-refractivity contribution in [1.82, 2.24) is 0 Å². The summed E-state index contributed by atoms with van der Waals surface area (Å²) in [5.74, 6) is -13.8. The van der Waals surface area contributed by atoms with Crippen LogP contribution >= 0.6 is 0 Å². The number of carbonyl (C=O) groups is 8. The average Bonchev–Trinajstić information content (AvgIpc) is 2.87. The van der Waals surface area contributed by atoms with Crippen LogP contribution in [0.1, 0.15) is 53.4 Å². The maximum absolute atomic E-state index is 12.3. The summed E-state index contributed by atoms with van der Waals surface area (Å²) in [5.41, 5.74) is -1.82. The molecular weight excluding hydrogens is 556 g/mol. The first-order valence-electron chi connectivity index (χ1n) is 12.4. The minimum atomic E-state index is -1.82. The van der Waals surface area contributed by atoms with Gasteiger partial charge < -0.3 is 39.4 Å². The summed E-state index contributed by atoms with van der Waals surface area (Å²) in [5, 5.41) is 36.1. The van der Waals surface area contributed by atoms with Crippen LogP contribution in [0.15, 0.2) is 0 Å². The minimum absolute atomic E-state index is 0.576. The number of carbonyl (C=O) groups excluding carboxylic acids is 4. The van der Waals surface area contributed by atoms with Gasteiger partial charge in [-0.05, 0) is 0 Å². The maximum Gasteiger partial charge on any atom is 0.306 e. The van der Waals surface area contributed by atoms with E-state index in [1.807, 2.05) is 0 Å². The van der Waals surface area contributed by atoms with E-state index in [1.165, 1.54) is 27.7 Å². The van der Waals surface area contributed by atoms with Crippen molar-refractivity contribution in [3.63, 3.8) is 0 Å². The van der Waals surface area contributed by atoms with Gasteiger partial charge in [0.2, 0.25) is 0 Å². The lowest BCUT2D eigenvalue weighted by Gasteiger charge is -2.32. The summed E-state index contributed by atoms with van der Waals surface area (Å²) in [6.07, 6.45) is -2.30. The number of rotatable bonds is 20. The molecule has 0 aromatic rings. The molecule has 0 bridgehead atoms. The Morgan fingerprint density at radius 2 is 0.610 bits per heavy atom. The Labute approximate surface area is 234 Å². The van der Waals surface area contributed by atoms with Gasteiger partial charge in [0.25, 0.3) is 0 Å². The van der Waals surface area contributed by atoms with Crippen LogP contribution in [-0.2, 0) is 57.3 Å². The van der Waals surface area contributed by atoms with E-state index in [0.717, 1.165) is 0 Å². The molecule has 0 radical (unpaired) electrons. The molecule has 16 heteroatoms. The minimum Gasteiger partial charge on any atom is -0.481 e. The van der Waals surface area contributed by atoms with Gasteiger partial charge in [-0.1, -0.05) is 27.7 Å². The molecule has 4 unspecified atom stereocenters. The molecule has 0 heterocycles. The third-order valence-electron chi connectivity index (χ3n) is 5.74. The summed E-state index contributed by atoms with van der Waals surface area (Å²) < 4.78 is 20.5. The highest BCUT2D eigenvalue weighted by Gasteiger charge is 2.39. The normalized spacial score (nSPS) is 15.1. The van der Waals surface area contributed by atoms with Crippen LogP contribution in [0.3, 0.4) is 0 Å². The van der Waals surface area contributed by atoms with Crippen molar-refractivity contribution < 1.29 is 77.7 Å². The van der Waals surface area contributed by atoms with Crippen molar-refractivity contribution in [2.45, 2.75) is 53.4 Å². The quantitative estimate of drug-likeness (QED) is 0.111. The van der Waals surface area contributed by atoms with E-state index < -0.39 is 129 Å². The van der Waals surface area contributed by atoms with Crippen LogP contribution in [0.2, 0.25) is 0 Å². The molecule has 16 nitrogen and oxygen atoms in total. The number of hydrogen-bond donors (Lipinski definition) is 4. The fraction of sp³-hybridized carbons (Fsp3) is 0.680. The van der Waals surface area contributed by atoms with Crippen molar-refractivity contribution in [2.75, 3.05) is 26.4 Å². The zero-order valence-electron chi connectivity index (χ0n) is 23.2. The third-order valence-corrected chi connectivity index (χ3v) is 5.74. The van der Waals surface area contributed by atoms with Crippen molar-refractivity contribution >= 4 is 47.8 Å². The van der Waals surface area contributed by atoms with Crippen LogP contribution < -0.4 is 0 Å². The van der Waals surface area contributed by atoms with E-state index >= 15 is 0 Å². The van der Waals surface area contributed by atoms with Gasteiger partial charge in [-0.15, -0.1) is 0 Å². The highest BCUT2D eigenvalue weighted by molar-refractivity contribution is 5.80. The fourth-order valence-corrected chi connectivity index (χ4v) is 2.77. The standard InChI is InChI=1S/C25H36O16/c1-13(21(30)31)5-17(26)38-9-25(10-39-18(27)6-14(2)22(32)33,11-40-19(28)7-15(3)23(34)35)12-41-20(29)8-16(4)24(36)37/h13-16H,5-12H2,1-4H3,(H,30,31)(H,32,33)(H,34,35)(H,36,37). The van der Waals surface area contributed by atoms with Crippen molar-refractivity contribution in [3.05, 3.63) is 0 Å². The van der Waals surface area contributed by atoms with Gasteiger partial charge in [0.05, 0.1) is 49.4 Å². The first-order chi connectivity index (χ1) is 18.9. The van der Waals surface area contributed by atoms with Crippen LogP contribution in [-0.4, -0.2) is 94.6 Å². The van der Waals surface area contributed by atoms with E-state index in [2.05, 4.69) is 0 Å². The average molecular weight is 593 g/mol. The summed E-state index contributed by atoms with van der Waals surface area (Å²) in [6.45, 7) is 1.90. The Morgan fingerprint density at radius 3 is 0.756 bits per heavy atom. The van der Waals surface area contributed by atoms with E-state index in [-0.39, 0.29) is 0 Å². The molecule has 4 N–H and O–H groups in total. The highest BCUT2D eigenvalue weighted by Crippen LogP contribution is 2.24. The zero-order valence-corrected chi connectivity index (χ0v) is 23.2. The van der Waals surface area contributed by atoms with Crippen molar-refractivity contribution in [3.8, 4) is 0 Å². The molecule has 4 atom stereocenters. The smallest absolute Gasteiger partial charge is 0.306 e. The van der Waals surface area contributed by atoms with E-state index in [9.17, 15) is 38.4 Å². The maximum atomic E-state index is 12.3. The topological polar surface area (TPSA) is 254 Å². The van der Waals surface area contributed by atoms with Gasteiger partial charge in [0.15, 0.2) is 0 Å². The first kappa shape index (κ1) is 36.8. The van der Waals surface area contributed by atoms with E-state index in [1.54, 1.807) is 0 Å². The van der Waals surface area contributed by atoms with Gasteiger partial charge in [-0.25, -0.2) is 0 Å². The number of carboxylic acids is 4. The second-order valence-corrected chi connectivity index (χ2v) is 9.92. The van der Waals surface area contributed by atoms with E-state index in [4.69, 9.17) is 39.4 Å². The number of hydrogen-bond acceptors (Lipinski definition) is 12. The summed E-state index contributed by atoms with van der Waals surface area (Å²) >= 11 is 0. The second kappa shape index (κ2) is 17.5. The van der Waals surface area contributed by atoms with Gasteiger partial charge in [-0.3, -0.25) is 38.4 Å². The molecule has 0 aromatic carbocycles. The first-order valence-corrected chi connectivity index (χ1v) is 12.4. The summed E-state index contributed by atoms with van der Waals surface area (Å²) in [6, 6.07) is 0.